The minimum Gasteiger partial charge on any atom is -0.479 e. The molecule has 0 radical (unpaired) electrons. The number of carboxylic acids is 1. The molecule has 2 aromatic carbocycles. The number of benzene rings is 2. The summed E-state index contributed by atoms with van der Waals surface area (Å²) in [5, 5.41) is 12.3. The molecule has 110 valence electrons. The highest BCUT2D eigenvalue weighted by molar-refractivity contribution is 5.72. The van der Waals surface area contributed by atoms with Gasteiger partial charge in [0, 0.05) is 11.4 Å². The lowest BCUT2D eigenvalue weighted by Crippen LogP contribution is -2.26. The van der Waals surface area contributed by atoms with E-state index in [4.69, 9.17) is 9.84 Å². The zero-order valence-electron chi connectivity index (χ0n) is 12.0. The first-order valence-electron chi connectivity index (χ1n) is 7.00. The molecule has 0 saturated heterocycles. The van der Waals surface area contributed by atoms with E-state index in [9.17, 15) is 4.79 Å². The Kier molecular flexibility index (Phi) is 5.21. The van der Waals surface area contributed by atoms with Crippen molar-refractivity contribution in [2.45, 2.75) is 25.9 Å². The summed E-state index contributed by atoms with van der Waals surface area (Å²) in [5.41, 5.74) is 1.93. The van der Waals surface area contributed by atoms with Crippen molar-refractivity contribution in [2.24, 2.45) is 0 Å². The Morgan fingerprint density at radius 2 is 1.71 bits per heavy atom. The summed E-state index contributed by atoms with van der Waals surface area (Å²) in [4.78, 5) is 11.1. The Balaban J connectivity index is 2.00. The van der Waals surface area contributed by atoms with Crippen molar-refractivity contribution in [3.05, 3.63) is 54.6 Å². The molecule has 1 unspecified atom stereocenters. The van der Waals surface area contributed by atoms with E-state index < -0.39 is 12.1 Å². The Bertz CT molecular complexity index is 566. The van der Waals surface area contributed by atoms with Crippen molar-refractivity contribution in [1.82, 2.24) is 0 Å². The number of anilines is 2. The second-order valence-electron chi connectivity index (χ2n) is 4.75. The minimum atomic E-state index is -0.927. The first-order chi connectivity index (χ1) is 10.2. The molecule has 21 heavy (non-hydrogen) atoms. The average Bonchev–Trinajstić information content (AvgIpc) is 2.49. The molecule has 0 aromatic heterocycles. The molecule has 0 bridgehead atoms. The van der Waals surface area contributed by atoms with Crippen molar-refractivity contribution in [3.8, 4) is 5.75 Å². The zero-order chi connectivity index (χ0) is 15.1. The summed E-state index contributed by atoms with van der Waals surface area (Å²) in [6, 6.07) is 17.1. The van der Waals surface area contributed by atoms with Crippen LogP contribution in [0.3, 0.4) is 0 Å². The number of para-hydroxylation sites is 1. The maximum Gasteiger partial charge on any atom is 0.344 e. The predicted octanol–water partition coefficient (Wildman–Crippen LogP) is 4.06. The fourth-order valence-corrected chi connectivity index (χ4v) is 1.96. The highest BCUT2D eigenvalue weighted by atomic mass is 16.5. The van der Waals surface area contributed by atoms with Gasteiger partial charge < -0.3 is 15.2 Å². The van der Waals surface area contributed by atoms with Gasteiger partial charge in [0.05, 0.1) is 0 Å². The first-order valence-corrected chi connectivity index (χ1v) is 7.00. The SMILES string of the molecule is CCCC(Oc1ccc(Nc2ccccc2)cc1)C(=O)O. The Morgan fingerprint density at radius 1 is 1.10 bits per heavy atom. The van der Waals surface area contributed by atoms with E-state index >= 15 is 0 Å². The predicted molar refractivity (Wildman–Crippen MR) is 83.1 cm³/mol. The van der Waals surface area contributed by atoms with Crippen LogP contribution in [0.25, 0.3) is 0 Å². The number of carbonyl (C=O) groups is 1. The quantitative estimate of drug-likeness (QED) is 0.805. The van der Waals surface area contributed by atoms with Crippen LogP contribution >= 0.6 is 0 Å². The Hall–Kier alpha value is -2.49. The van der Waals surface area contributed by atoms with E-state index in [0.717, 1.165) is 17.8 Å². The van der Waals surface area contributed by atoms with Gasteiger partial charge in [-0.05, 0) is 42.8 Å². The van der Waals surface area contributed by atoms with E-state index in [0.29, 0.717) is 12.2 Å². The fourth-order valence-electron chi connectivity index (χ4n) is 1.96. The van der Waals surface area contributed by atoms with Crippen LogP contribution in [0, 0.1) is 0 Å². The fraction of sp³-hybridized carbons (Fsp3) is 0.235. The summed E-state index contributed by atoms with van der Waals surface area (Å²) < 4.78 is 5.49. The lowest BCUT2D eigenvalue weighted by atomic mass is 10.2. The van der Waals surface area contributed by atoms with E-state index in [2.05, 4.69) is 5.32 Å². The number of ether oxygens (including phenoxy) is 1. The van der Waals surface area contributed by atoms with Crippen LogP contribution in [0.5, 0.6) is 5.75 Å². The molecule has 0 spiro atoms. The smallest absolute Gasteiger partial charge is 0.344 e. The van der Waals surface area contributed by atoms with Gasteiger partial charge in [-0.1, -0.05) is 31.5 Å². The van der Waals surface area contributed by atoms with Gasteiger partial charge >= 0.3 is 5.97 Å². The molecule has 1 atom stereocenters. The first kappa shape index (κ1) is 14.9. The molecule has 0 aliphatic carbocycles. The molecule has 4 nitrogen and oxygen atoms in total. The van der Waals surface area contributed by atoms with Gasteiger partial charge in [-0.25, -0.2) is 4.79 Å². The number of nitrogens with one attached hydrogen (secondary N) is 1. The summed E-state index contributed by atoms with van der Waals surface area (Å²) in [5.74, 6) is -0.363. The van der Waals surface area contributed by atoms with Crippen molar-refractivity contribution in [3.63, 3.8) is 0 Å². The topological polar surface area (TPSA) is 58.6 Å². The van der Waals surface area contributed by atoms with Crippen LogP contribution in [0.1, 0.15) is 19.8 Å². The van der Waals surface area contributed by atoms with Gasteiger partial charge in [0.1, 0.15) is 5.75 Å². The Morgan fingerprint density at radius 3 is 2.29 bits per heavy atom. The number of hydrogen-bond acceptors (Lipinski definition) is 3. The second-order valence-corrected chi connectivity index (χ2v) is 4.75. The highest BCUT2D eigenvalue weighted by Crippen LogP contribution is 2.21. The maximum absolute atomic E-state index is 11.1. The monoisotopic (exact) mass is 285 g/mol. The number of rotatable bonds is 7. The van der Waals surface area contributed by atoms with Gasteiger partial charge in [0.15, 0.2) is 6.10 Å². The number of aliphatic carboxylic acids is 1. The molecule has 0 fully saturated rings. The van der Waals surface area contributed by atoms with Crippen LogP contribution in [0.4, 0.5) is 11.4 Å². The van der Waals surface area contributed by atoms with Crippen LogP contribution in [0.15, 0.2) is 54.6 Å². The molecule has 0 aliphatic heterocycles. The zero-order valence-corrected chi connectivity index (χ0v) is 12.0. The van der Waals surface area contributed by atoms with Crippen LogP contribution < -0.4 is 10.1 Å². The summed E-state index contributed by atoms with van der Waals surface area (Å²) >= 11 is 0. The molecule has 4 heteroatoms. The van der Waals surface area contributed by atoms with Crippen LogP contribution in [-0.2, 0) is 4.79 Å². The van der Waals surface area contributed by atoms with Crippen molar-refractivity contribution < 1.29 is 14.6 Å². The van der Waals surface area contributed by atoms with Crippen molar-refractivity contribution in [1.29, 1.82) is 0 Å². The third-order valence-corrected chi connectivity index (χ3v) is 3.02. The van der Waals surface area contributed by atoms with Gasteiger partial charge in [0.25, 0.3) is 0 Å². The van der Waals surface area contributed by atoms with Crippen LogP contribution in [-0.4, -0.2) is 17.2 Å². The largest absolute Gasteiger partial charge is 0.479 e. The van der Waals surface area contributed by atoms with Gasteiger partial charge in [-0.15, -0.1) is 0 Å². The molecule has 2 N–H and O–H groups in total. The van der Waals surface area contributed by atoms with Gasteiger partial charge in [0.2, 0.25) is 0 Å². The standard InChI is InChI=1S/C17H19NO3/c1-2-6-16(17(19)20)21-15-11-9-14(10-12-15)18-13-7-4-3-5-8-13/h3-5,7-12,16,18H,2,6H2,1H3,(H,19,20). The molecule has 2 rings (SSSR count). The molecule has 0 saturated carbocycles. The summed E-state index contributed by atoms with van der Waals surface area (Å²) in [6.07, 6.45) is 0.479. The van der Waals surface area contributed by atoms with Gasteiger partial charge in [-0.3, -0.25) is 0 Å². The molecule has 2 aromatic rings. The molecular formula is C17H19NO3. The normalized spacial score (nSPS) is 11.7. The average molecular weight is 285 g/mol. The summed E-state index contributed by atoms with van der Waals surface area (Å²) in [7, 11) is 0. The molecule has 0 amide bonds. The molecule has 0 heterocycles. The maximum atomic E-state index is 11.1. The number of carboxylic acid groups (broad SMARTS) is 1. The minimum absolute atomic E-state index is 0.499. The Labute approximate surface area is 124 Å². The lowest BCUT2D eigenvalue weighted by Gasteiger charge is -2.14. The lowest BCUT2D eigenvalue weighted by molar-refractivity contribution is -0.145. The van der Waals surface area contributed by atoms with E-state index in [-0.39, 0.29) is 0 Å². The third-order valence-electron chi connectivity index (χ3n) is 3.02. The van der Waals surface area contributed by atoms with Crippen LogP contribution in [0.2, 0.25) is 0 Å². The molecule has 0 aliphatic rings. The number of hydrogen-bond donors (Lipinski definition) is 2. The van der Waals surface area contributed by atoms with E-state index in [1.165, 1.54) is 0 Å². The van der Waals surface area contributed by atoms with Gasteiger partial charge in [-0.2, -0.15) is 0 Å². The van der Waals surface area contributed by atoms with Crippen molar-refractivity contribution in [2.75, 3.05) is 5.32 Å². The van der Waals surface area contributed by atoms with E-state index in [1.807, 2.05) is 49.4 Å². The van der Waals surface area contributed by atoms with E-state index in [1.54, 1.807) is 12.1 Å². The highest BCUT2D eigenvalue weighted by Gasteiger charge is 2.17. The molecular weight excluding hydrogens is 266 g/mol. The van der Waals surface area contributed by atoms with Crippen molar-refractivity contribution >= 4 is 17.3 Å². The third kappa shape index (κ3) is 4.53. The summed E-state index contributed by atoms with van der Waals surface area (Å²) in [6.45, 7) is 1.94. The second kappa shape index (κ2) is 7.33.